The van der Waals surface area contributed by atoms with E-state index >= 15 is 0 Å². The van der Waals surface area contributed by atoms with Gasteiger partial charge in [0.15, 0.2) is 0 Å². The van der Waals surface area contributed by atoms with E-state index in [1.165, 1.54) is 18.2 Å². The monoisotopic (exact) mass is 234 g/mol. The van der Waals surface area contributed by atoms with Crippen LogP contribution in [0.4, 0.5) is 8.78 Å². The smallest absolute Gasteiger partial charge is 0.351 e. The zero-order chi connectivity index (χ0) is 11.5. The molecule has 0 saturated heterocycles. The Morgan fingerprint density at radius 3 is 2.47 bits per heavy atom. The van der Waals surface area contributed by atoms with Crippen LogP contribution in [0.15, 0.2) is 24.3 Å². The minimum atomic E-state index is -3.38. The maximum Gasteiger partial charge on any atom is 0.351 e. The lowest BCUT2D eigenvalue weighted by Gasteiger charge is -2.15. The highest BCUT2D eigenvalue weighted by atomic mass is 35.5. The fourth-order valence-corrected chi connectivity index (χ4v) is 1.24. The normalized spacial score (nSPS) is 11.9. The van der Waals surface area contributed by atoms with E-state index in [2.05, 4.69) is 0 Å². The van der Waals surface area contributed by atoms with Gasteiger partial charge in [-0.05, 0) is 29.7 Å². The zero-order valence-corrected chi connectivity index (χ0v) is 9.39. The quantitative estimate of drug-likeness (QED) is 0.716. The molecule has 15 heavy (non-hydrogen) atoms. The topological polar surface area (TPSA) is 9.23 Å². The first kappa shape index (κ1) is 12.2. The van der Waals surface area contributed by atoms with Gasteiger partial charge in [0.25, 0.3) is 0 Å². The van der Waals surface area contributed by atoms with Crippen LogP contribution >= 0.6 is 11.6 Å². The van der Waals surface area contributed by atoms with Gasteiger partial charge in [0.05, 0.1) is 12.2 Å². The van der Waals surface area contributed by atoms with Gasteiger partial charge in [0.2, 0.25) is 0 Å². The van der Waals surface area contributed by atoms with E-state index < -0.39 is 5.38 Å². The third-order valence-corrected chi connectivity index (χ3v) is 1.97. The number of alkyl halides is 3. The fourth-order valence-electron chi connectivity index (χ4n) is 1.08. The number of halogens is 3. The lowest BCUT2D eigenvalue weighted by molar-refractivity contribution is 0.0899. The number of ether oxygens (including phenoxy) is 1. The molecule has 1 nitrogen and oxygen atoms in total. The van der Waals surface area contributed by atoms with Crippen molar-refractivity contribution in [2.45, 2.75) is 19.2 Å². The highest BCUT2D eigenvalue weighted by Crippen LogP contribution is 2.38. The van der Waals surface area contributed by atoms with E-state index in [-0.39, 0.29) is 17.2 Å². The summed E-state index contributed by atoms with van der Waals surface area (Å²) in [5, 5.41) is -3.38. The zero-order valence-electron chi connectivity index (χ0n) is 8.64. The second-order valence-corrected chi connectivity index (χ2v) is 4.17. The van der Waals surface area contributed by atoms with Gasteiger partial charge in [0.1, 0.15) is 5.75 Å². The molecule has 0 aliphatic heterocycles. The second-order valence-electron chi connectivity index (χ2n) is 3.70. The molecule has 0 aliphatic carbocycles. The maximum atomic E-state index is 12.9. The van der Waals surface area contributed by atoms with Gasteiger partial charge in [-0.25, -0.2) is 0 Å². The fraction of sp³-hybridized carbons (Fsp3) is 0.455. The van der Waals surface area contributed by atoms with Crippen molar-refractivity contribution in [1.29, 1.82) is 0 Å². The molecule has 0 atom stereocenters. The average molecular weight is 235 g/mol. The number of para-hydroxylation sites is 1. The third-order valence-electron chi connectivity index (χ3n) is 1.76. The van der Waals surface area contributed by atoms with Crippen molar-refractivity contribution >= 4 is 11.6 Å². The van der Waals surface area contributed by atoms with Gasteiger partial charge >= 0.3 is 5.38 Å². The molecule has 1 aromatic rings. The molecule has 0 spiro atoms. The van der Waals surface area contributed by atoms with Crippen molar-refractivity contribution in [3.8, 4) is 5.75 Å². The van der Waals surface area contributed by atoms with Crippen molar-refractivity contribution in [1.82, 2.24) is 0 Å². The van der Waals surface area contributed by atoms with Crippen LogP contribution in [0.5, 0.6) is 5.75 Å². The van der Waals surface area contributed by atoms with Crippen LogP contribution < -0.4 is 4.74 Å². The molecule has 4 heteroatoms. The first-order chi connectivity index (χ1) is 6.91. The number of rotatable bonds is 4. The van der Waals surface area contributed by atoms with Crippen molar-refractivity contribution in [2.24, 2.45) is 5.92 Å². The van der Waals surface area contributed by atoms with Gasteiger partial charge in [-0.3, -0.25) is 0 Å². The van der Waals surface area contributed by atoms with Gasteiger partial charge in [-0.15, -0.1) is 0 Å². The summed E-state index contributed by atoms with van der Waals surface area (Å²) in [6.45, 7) is 4.28. The molecule has 0 aromatic heterocycles. The molecular weight excluding hydrogens is 222 g/mol. The first-order valence-corrected chi connectivity index (χ1v) is 5.08. The molecule has 1 aromatic carbocycles. The molecule has 0 unspecified atom stereocenters. The van der Waals surface area contributed by atoms with Crippen LogP contribution in [0.25, 0.3) is 0 Å². The SMILES string of the molecule is CC(C)COc1ccccc1C(F)(F)Cl. The summed E-state index contributed by atoms with van der Waals surface area (Å²) in [6.07, 6.45) is 0. The van der Waals surface area contributed by atoms with Gasteiger partial charge < -0.3 is 4.74 Å². The van der Waals surface area contributed by atoms with Crippen molar-refractivity contribution < 1.29 is 13.5 Å². The Kier molecular flexibility index (Phi) is 3.91. The van der Waals surface area contributed by atoms with Crippen LogP contribution in [0.2, 0.25) is 0 Å². The summed E-state index contributed by atoms with van der Waals surface area (Å²) in [4.78, 5) is 0. The maximum absolute atomic E-state index is 12.9. The highest BCUT2D eigenvalue weighted by Gasteiger charge is 2.31. The molecule has 0 N–H and O–H groups in total. The Labute approximate surface area is 93.0 Å². The Morgan fingerprint density at radius 1 is 1.33 bits per heavy atom. The molecule has 0 amide bonds. The van der Waals surface area contributed by atoms with E-state index in [9.17, 15) is 8.78 Å². The lowest BCUT2D eigenvalue weighted by Crippen LogP contribution is -2.10. The predicted octanol–water partition coefficient (Wildman–Crippen LogP) is 4.01. The molecule has 0 radical (unpaired) electrons. The van der Waals surface area contributed by atoms with Gasteiger partial charge in [-0.1, -0.05) is 26.0 Å². The van der Waals surface area contributed by atoms with E-state index in [0.717, 1.165) is 0 Å². The minimum absolute atomic E-state index is 0.145. The summed E-state index contributed by atoms with van der Waals surface area (Å²) in [7, 11) is 0. The summed E-state index contributed by atoms with van der Waals surface area (Å²) in [5.74, 6) is 0.424. The average Bonchev–Trinajstić information content (AvgIpc) is 2.13. The van der Waals surface area contributed by atoms with E-state index in [1.54, 1.807) is 6.07 Å². The molecule has 0 bridgehead atoms. The third kappa shape index (κ3) is 3.67. The Morgan fingerprint density at radius 2 is 1.93 bits per heavy atom. The molecule has 0 fully saturated rings. The standard InChI is InChI=1S/C11H13ClF2O/c1-8(2)7-15-10-6-4-3-5-9(10)11(12,13)14/h3-6,8H,7H2,1-2H3. The lowest BCUT2D eigenvalue weighted by atomic mass is 10.2. The Hall–Kier alpha value is -0.830. The molecule has 0 heterocycles. The summed E-state index contributed by atoms with van der Waals surface area (Å²) >= 11 is 4.97. The largest absolute Gasteiger partial charge is 0.493 e. The van der Waals surface area contributed by atoms with Crippen LogP contribution in [-0.4, -0.2) is 6.61 Å². The van der Waals surface area contributed by atoms with Crippen molar-refractivity contribution in [2.75, 3.05) is 6.61 Å². The predicted molar refractivity (Wildman–Crippen MR) is 56.5 cm³/mol. The summed E-state index contributed by atoms with van der Waals surface area (Å²) < 4.78 is 31.1. The Bertz CT molecular complexity index is 321. The summed E-state index contributed by atoms with van der Waals surface area (Å²) in [6, 6.07) is 5.91. The molecular formula is C11H13ClF2O. The van der Waals surface area contributed by atoms with E-state index in [4.69, 9.17) is 16.3 Å². The molecule has 0 aliphatic rings. The molecule has 1 rings (SSSR count). The van der Waals surface area contributed by atoms with Crippen molar-refractivity contribution in [3.05, 3.63) is 29.8 Å². The first-order valence-electron chi connectivity index (χ1n) is 4.70. The van der Waals surface area contributed by atoms with E-state index in [0.29, 0.717) is 6.61 Å². The van der Waals surface area contributed by atoms with E-state index in [1.807, 2.05) is 13.8 Å². The van der Waals surface area contributed by atoms with Crippen LogP contribution in [-0.2, 0) is 5.38 Å². The van der Waals surface area contributed by atoms with Gasteiger partial charge in [0, 0.05) is 0 Å². The van der Waals surface area contributed by atoms with Crippen LogP contribution in [0, 0.1) is 5.92 Å². The number of benzene rings is 1. The van der Waals surface area contributed by atoms with Crippen molar-refractivity contribution in [3.63, 3.8) is 0 Å². The Balaban J connectivity index is 2.87. The van der Waals surface area contributed by atoms with Crippen LogP contribution in [0.3, 0.4) is 0 Å². The van der Waals surface area contributed by atoms with Crippen LogP contribution in [0.1, 0.15) is 19.4 Å². The highest BCUT2D eigenvalue weighted by molar-refractivity contribution is 6.22. The molecule has 0 saturated carbocycles. The number of hydrogen-bond acceptors (Lipinski definition) is 1. The minimum Gasteiger partial charge on any atom is -0.493 e. The number of hydrogen-bond donors (Lipinski definition) is 0. The second kappa shape index (κ2) is 4.79. The summed E-state index contributed by atoms with van der Waals surface area (Å²) in [5.41, 5.74) is -0.285. The van der Waals surface area contributed by atoms with Gasteiger partial charge in [-0.2, -0.15) is 8.78 Å². The molecule has 84 valence electrons.